The second kappa shape index (κ2) is 2.74. The molecule has 0 radical (unpaired) electrons. The van der Waals surface area contributed by atoms with Gasteiger partial charge < -0.3 is 5.11 Å². The van der Waals surface area contributed by atoms with Crippen molar-refractivity contribution >= 4 is 28.7 Å². The van der Waals surface area contributed by atoms with Crippen molar-refractivity contribution in [3.8, 4) is 0 Å². The fourth-order valence-electron chi connectivity index (χ4n) is 1.14. The minimum absolute atomic E-state index is 0.286. The van der Waals surface area contributed by atoms with Gasteiger partial charge in [-0.2, -0.15) is 0 Å². The van der Waals surface area contributed by atoms with E-state index < -0.39 is 6.09 Å². The lowest BCUT2D eigenvalue weighted by Gasteiger charge is -1.96. The van der Waals surface area contributed by atoms with Gasteiger partial charge in [-0.3, -0.25) is 0 Å². The molecule has 66 valence electrons. The van der Waals surface area contributed by atoms with Gasteiger partial charge in [0.1, 0.15) is 5.15 Å². The van der Waals surface area contributed by atoms with Crippen molar-refractivity contribution in [2.75, 3.05) is 0 Å². The van der Waals surface area contributed by atoms with E-state index in [1.165, 1.54) is 6.20 Å². The average molecular weight is 197 g/mol. The third kappa shape index (κ3) is 1.25. The van der Waals surface area contributed by atoms with E-state index in [1.54, 1.807) is 18.2 Å². The van der Waals surface area contributed by atoms with Gasteiger partial charge in [-0.1, -0.05) is 11.6 Å². The lowest BCUT2D eigenvalue weighted by Crippen LogP contribution is -2.06. The molecule has 0 atom stereocenters. The van der Waals surface area contributed by atoms with Crippen molar-refractivity contribution in [2.45, 2.75) is 0 Å². The van der Waals surface area contributed by atoms with E-state index in [4.69, 9.17) is 16.7 Å². The number of fused-ring (bicyclic) bond motifs is 1. The van der Waals surface area contributed by atoms with Gasteiger partial charge in [0.15, 0.2) is 5.65 Å². The highest BCUT2D eigenvalue weighted by Gasteiger charge is 2.07. The summed E-state index contributed by atoms with van der Waals surface area (Å²) in [6.07, 6.45) is 0.376. The van der Waals surface area contributed by atoms with Crippen molar-refractivity contribution in [1.82, 2.24) is 9.55 Å². The number of hydrogen-bond donors (Lipinski definition) is 1. The van der Waals surface area contributed by atoms with Crippen LogP contribution < -0.4 is 0 Å². The highest BCUT2D eigenvalue weighted by Crippen LogP contribution is 2.16. The smallest absolute Gasteiger partial charge is 0.417 e. The van der Waals surface area contributed by atoms with Crippen LogP contribution in [0.15, 0.2) is 24.4 Å². The molecule has 0 aromatic carbocycles. The zero-order valence-electron chi connectivity index (χ0n) is 6.44. The molecule has 13 heavy (non-hydrogen) atoms. The molecule has 0 amide bonds. The maximum Gasteiger partial charge on any atom is 0.417 e. The Kier molecular flexibility index (Phi) is 1.70. The lowest BCUT2D eigenvalue weighted by molar-refractivity contribution is 0.197. The van der Waals surface area contributed by atoms with Crippen molar-refractivity contribution in [2.24, 2.45) is 0 Å². The molecular formula is C8H5ClN2O2. The number of aromatic nitrogens is 2. The summed E-state index contributed by atoms with van der Waals surface area (Å²) in [5.41, 5.74) is 0.361. The Bertz CT molecular complexity index is 478. The van der Waals surface area contributed by atoms with E-state index in [-0.39, 0.29) is 5.15 Å². The van der Waals surface area contributed by atoms with Crippen molar-refractivity contribution in [3.05, 3.63) is 29.5 Å². The van der Waals surface area contributed by atoms with Gasteiger partial charge in [-0.25, -0.2) is 14.3 Å². The van der Waals surface area contributed by atoms with Gasteiger partial charge in [0.25, 0.3) is 0 Å². The molecule has 2 rings (SSSR count). The Morgan fingerprint density at radius 3 is 2.92 bits per heavy atom. The van der Waals surface area contributed by atoms with Crippen LogP contribution in [0.2, 0.25) is 5.15 Å². The van der Waals surface area contributed by atoms with Gasteiger partial charge in [-0.05, 0) is 18.2 Å². The quantitative estimate of drug-likeness (QED) is 0.658. The molecule has 0 aliphatic rings. The van der Waals surface area contributed by atoms with Gasteiger partial charge in [0.05, 0.1) is 0 Å². The summed E-state index contributed by atoms with van der Waals surface area (Å²) in [5, 5.41) is 9.78. The van der Waals surface area contributed by atoms with Crippen LogP contribution in [0.5, 0.6) is 0 Å². The van der Waals surface area contributed by atoms with Crippen LogP contribution in [0.3, 0.4) is 0 Å². The van der Waals surface area contributed by atoms with Crippen LogP contribution in [-0.2, 0) is 0 Å². The second-order valence-corrected chi connectivity index (χ2v) is 2.90. The Morgan fingerprint density at radius 2 is 2.23 bits per heavy atom. The molecule has 0 spiro atoms. The van der Waals surface area contributed by atoms with Crippen LogP contribution in [0.1, 0.15) is 0 Å². The number of pyridine rings is 1. The van der Waals surface area contributed by atoms with Gasteiger partial charge in [0, 0.05) is 11.6 Å². The molecule has 2 heterocycles. The van der Waals surface area contributed by atoms with E-state index in [0.717, 1.165) is 9.95 Å². The van der Waals surface area contributed by atoms with Crippen molar-refractivity contribution in [3.63, 3.8) is 0 Å². The summed E-state index contributed by atoms with van der Waals surface area (Å²) < 4.78 is 1.03. The highest BCUT2D eigenvalue weighted by molar-refractivity contribution is 6.29. The normalized spacial score (nSPS) is 10.5. The average Bonchev–Trinajstić information content (AvgIpc) is 2.46. The summed E-state index contributed by atoms with van der Waals surface area (Å²) in [6.45, 7) is 0. The topological polar surface area (TPSA) is 55.1 Å². The molecule has 0 saturated carbocycles. The Labute approximate surface area is 78.4 Å². The van der Waals surface area contributed by atoms with Crippen molar-refractivity contribution < 1.29 is 9.90 Å². The van der Waals surface area contributed by atoms with Crippen LogP contribution in [0.25, 0.3) is 11.0 Å². The van der Waals surface area contributed by atoms with Crippen LogP contribution in [-0.4, -0.2) is 20.8 Å². The largest absolute Gasteiger partial charge is 0.464 e. The highest BCUT2D eigenvalue weighted by atomic mass is 35.5. The monoisotopic (exact) mass is 196 g/mol. The maximum atomic E-state index is 10.7. The molecule has 0 unspecified atom stereocenters. The lowest BCUT2D eigenvalue weighted by atomic mass is 10.3. The second-order valence-electron chi connectivity index (χ2n) is 2.52. The first-order valence-corrected chi connectivity index (χ1v) is 3.93. The molecular weight excluding hydrogens is 192 g/mol. The summed E-state index contributed by atoms with van der Waals surface area (Å²) in [4.78, 5) is 14.6. The minimum atomic E-state index is -1.07. The Hall–Kier alpha value is -1.55. The third-order valence-electron chi connectivity index (χ3n) is 1.71. The molecule has 0 aliphatic heterocycles. The number of halogens is 1. The maximum absolute atomic E-state index is 10.7. The molecule has 0 fully saturated rings. The first-order chi connectivity index (χ1) is 6.18. The number of hydrogen-bond acceptors (Lipinski definition) is 2. The molecule has 0 saturated heterocycles. The zero-order chi connectivity index (χ0) is 9.42. The standard InChI is InChI=1S/C8H5ClN2O2/c9-6-2-1-5-3-4-11(8(12)13)7(5)10-6/h1-4H,(H,12,13). The zero-order valence-corrected chi connectivity index (χ0v) is 7.19. The molecule has 2 aromatic heterocycles. The number of carbonyl (C=O) groups is 1. The molecule has 0 aliphatic carbocycles. The van der Waals surface area contributed by atoms with Crippen LogP contribution in [0.4, 0.5) is 4.79 Å². The molecule has 5 heteroatoms. The minimum Gasteiger partial charge on any atom is -0.464 e. The van der Waals surface area contributed by atoms with E-state index in [1.807, 2.05) is 0 Å². The van der Waals surface area contributed by atoms with Gasteiger partial charge in [0.2, 0.25) is 0 Å². The van der Waals surface area contributed by atoms with Crippen molar-refractivity contribution in [1.29, 1.82) is 0 Å². The third-order valence-corrected chi connectivity index (χ3v) is 1.92. The fourth-order valence-corrected chi connectivity index (χ4v) is 1.28. The molecule has 4 nitrogen and oxygen atoms in total. The number of rotatable bonds is 0. The van der Waals surface area contributed by atoms with Crippen LogP contribution >= 0.6 is 11.6 Å². The fraction of sp³-hybridized carbons (Fsp3) is 0. The summed E-state index contributed by atoms with van der Waals surface area (Å²) >= 11 is 5.63. The molecule has 1 N–H and O–H groups in total. The first-order valence-electron chi connectivity index (χ1n) is 3.55. The first kappa shape index (κ1) is 8.07. The van der Waals surface area contributed by atoms with Gasteiger partial charge in [-0.15, -0.1) is 0 Å². The Morgan fingerprint density at radius 1 is 1.46 bits per heavy atom. The Balaban J connectivity index is 2.79. The predicted octanol–water partition coefficient (Wildman–Crippen LogP) is 2.22. The number of nitrogens with zero attached hydrogens (tertiary/aromatic N) is 2. The van der Waals surface area contributed by atoms with Gasteiger partial charge >= 0.3 is 6.09 Å². The molecule has 2 aromatic rings. The molecule has 0 bridgehead atoms. The van der Waals surface area contributed by atoms with E-state index >= 15 is 0 Å². The summed E-state index contributed by atoms with van der Waals surface area (Å²) in [6, 6.07) is 5.02. The summed E-state index contributed by atoms with van der Waals surface area (Å²) in [7, 11) is 0. The van der Waals surface area contributed by atoms with E-state index in [0.29, 0.717) is 5.65 Å². The van der Waals surface area contributed by atoms with E-state index in [2.05, 4.69) is 4.98 Å². The predicted molar refractivity (Wildman–Crippen MR) is 48.2 cm³/mol. The summed E-state index contributed by atoms with van der Waals surface area (Å²) in [5.74, 6) is 0. The van der Waals surface area contributed by atoms with Crippen LogP contribution in [0, 0.1) is 0 Å². The SMILES string of the molecule is O=C(O)n1ccc2ccc(Cl)nc21. The van der Waals surface area contributed by atoms with E-state index in [9.17, 15) is 4.79 Å². The number of carboxylic acid groups (broad SMARTS) is 1.